The Bertz CT molecular complexity index is 1640. The number of fused-ring (bicyclic) bond motifs is 1. The second-order valence-electron chi connectivity index (χ2n) is 10.4. The maximum Gasteiger partial charge on any atom is 0.159 e. The predicted molar refractivity (Wildman–Crippen MR) is 149 cm³/mol. The Morgan fingerprint density at radius 2 is 1.68 bits per heavy atom. The van der Waals surface area contributed by atoms with Gasteiger partial charge in [0.05, 0.1) is 17.6 Å². The molecule has 40 heavy (non-hydrogen) atoms. The van der Waals surface area contributed by atoms with Gasteiger partial charge < -0.3 is 9.64 Å². The SMILES string of the molecule is Cc1cc(-c2ncc(CCc3nccn4c(-c5cc(F)cc(F)c5)cnc34)cc2OC2CCN(C)CC2)ccn1. The van der Waals surface area contributed by atoms with Gasteiger partial charge in [-0.3, -0.25) is 19.4 Å². The first-order valence-electron chi connectivity index (χ1n) is 13.5. The smallest absolute Gasteiger partial charge is 0.159 e. The van der Waals surface area contributed by atoms with Crippen molar-refractivity contribution < 1.29 is 13.5 Å². The first-order valence-corrected chi connectivity index (χ1v) is 13.5. The average molecular weight is 541 g/mol. The highest BCUT2D eigenvalue weighted by Crippen LogP contribution is 2.32. The Kier molecular flexibility index (Phi) is 7.21. The van der Waals surface area contributed by atoms with Crippen LogP contribution in [-0.2, 0) is 12.8 Å². The highest BCUT2D eigenvalue weighted by atomic mass is 19.1. The second-order valence-corrected chi connectivity index (χ2v) is 10.4. The molecule has 4 aromatic heterocycles. The Labute approximate surface area is 231 Å². The summed E-state index contributed by atoms with van der Waals surface area (Å²) in [6.45, 7) is 3.98. The molecule has 0 amide bonds. The summed E-state index contributed by atoms with van der Waals surface area (Å²) in [5.41, 5.74) is 6.21. The van der Waals surface area contributed by atoms with E-state index in [-0.39, 0.29) is 6.10 Å². The molecular weight excluding hydrogens is 510 g/mol. The zero-order valence-electron chi connectivity index (χ0n) is 22.5. The number of hydrogen-bond acceptors (Lipinski definition) is 6. The van der Waals surface area contributed by atoms with E-state index in [0.29, 0.717) is 29.7 Å². The van der Waals surface area contributed by atoms with Crippen LogP contribution in [0.3, 0.4) is 0 Å². The fourth-order valence-corrected chi connectivity index (χ4v) is 5.23. The number of imidazole rings is 1. The molecule has 1 fully saturated rings. The van der Waals surface area contributed by atoms with Gasteiger partial charge in [0.25, 0.3) is 0 Å². The van der Waals surface area contributed by atoms with E-state index in [0.717, 1.165) is 66.0 Å². The number of hydrogen-bond donors (Lipinski definition) is 0. The van der Waals surface area contributed by atoms with Crippen molar-refractivity contribution in [3.05, 3.63) is 96.0 Å². The number of nitrogens with zero attached hydrogens (tertiary/aromatic N) is 6. The van der Waals surface area contributed by atoms with Crippen LogP contribution in [0.25, 0.3) is 28.2 Å². The lowest BCUT2D eigenvalue weighted by molar-refractivity contribution is 0.114. The third-order valence-corrected chi connectivity index (χ3v) is 7.35. The van der Waals surface area contributed by atoms with E-state index in [2.05, 4.69) is 33.0 Å². The van der Waals surface area contributed by atoms with Crippen molar-refractivity contribution in [3.63, 3.8) is 0 Å². The number of rotatable bonds is 7. The number of ether oxygens (including phenoxy) is 1. The number of piperidine rings is 1. The fraction of sp³-hybridized carbons (Fsp3) is 0.290. The number of pyridine rings is 2. The van der Waals surface area contributed by atoms with E-state index in [1.165, 1.54) is 12.1 Å². The summed E-state index contributed by atoms with van der Waals surface area (Å²) in [4.78, 5) is 20.6. The van der Waals surface area contributed by atoms with E-state index in [4.69, 9.17) is 9.72 Å². The second kappa shape index (κ2) is 11.1. The van der Waals surface area contributed by atoms with E-state index in [1.54, 1.807) is 24.8 Å². The van der Waals surface area contributed by atoms with Crippen LogP contribution in [0.4, 0.5) is 8.78 Å². The molecule has 1 aromatic carbocycles. The molecular formula is C31H30F2N6O. The molecule has 204 valence electrons. The Morgan fingerprint density at radius 1 is 0.875 bits per heavy atom. The Morgan fingerprint density at radius 3 is 2.45 bits per heavy atom. The van der Waals surface area contributed by atoms with Crippen molar-refractivity contribution in [3.8, 4) is 28.3 Å². The summed E-state index contributed by atoms with van der Waals surface area (Å²) in [6.07, 6.45) is 12.1. The van der Waals surface area contributed by atoms with Gasteiger partial charge >= 0.3 is 0 Å². The molecule has 0 N–H and O–H groups in total. The molecule has 0 atom stereocenters. The lowest BCUT2D eigenvalue weighted by Gasteiger charge is -2.30. The van der Waals surface area contributed by atoms with Gasteiger partial charge in [0.15, 0.2) is 5.65 Å². The third kappa shape index (κ3) is 5.56. The van der Waals surface area contributed by atoms with Crippen molar-refractivity contribution in [1.82, 2.24) is 29.2 Å². The summed E-state index contributed by atoms with van der Waals surface area (Å²) < 4.78 is 36.1. The standard InChI is InChI=1S/C31H30F2N6O/c1-20-13-22(5-8-34-20)30-29(40-26-6-10-38(2)11-7-26)14-21(18-36-30)3-4-27-31-37-19-28(39(31)12-9-35-27)23-15-24(32)17-25(33)16-23/h5,8-9,12-19,26H,3-4,6-7,10-11H2,1-2H3. The van der Waals surface area contributed by atoms with Gasteiger partial charge in [-0.15, -0.1) is 0 Å². The van der Waals surface area contributed by atoms with Crippen LogP contribution in [0.2, 0.25) is 0 Å². The topological polar surface area (TPSA) is 68.4 Å². The van der Waals surface area contributed by atoms with Crippen LogP contribution in [0.1, 0.15) is 29.8 Å². The van der Waals surface area contributed by atoms with Gasteiger partial charge in [0, 0.05) is 60.8 Å². The number of benzene rings is 1. The minimum Gasteiger partial charge on any atom is -0.488 e. The molecule has 1 aliphatic rings. The summed E-state index contributed by atoms with van der Waals surface area (Å²) in [6, 6.07) is 9.53. The van der Waals surface area contributed by atoms with Gasteiger partial charge in [-0.05, 0) is 75.5 Å². The van der Waals surface area contributed by atoms with E-state index < -0.39 is 11.6 Å². The zero-order valence-corrected chi connectivity index (χ0v) is 22.5. The molecule has 1 aliphatic heterocycles. The molecule has 0 unspecified atom stereocenters. The predicted octanol–water partition coefficient (Wildman–Crippen LogP) is 5.70. The van der Waals surface area contributed by atoms with Gasteiger partial charge in [-0.2, -0.15) is 0 Å². The molecule has 5 heterocycles. The van der Waals surface area contributed by atoms with Gasteiger partial charge in [-0.1, -0.05) is 0 Å². The van der Waals surface area contributed by atoms with Crippen LogP contribution in [0, 0.1) is 18.6 Å². The molecule has 0 spiro atoms. The quantitative estimate of drug-likeness (QED) is 0.264. The van der Waals surface area contributed by atoms with E-state index >= 15 is 0 Å². The normalized spacial score (nSPS) is 14.6. The first kappa shape index (κ1) is 26.0. The van der Waals surface area contributed by atoms with Crippen LogP contribution in [0.5, 0.6) is 5.75 Å². The molecule has 1 saturated heterocycles. The lowest BCUT2D eigenvalue weighted by Crippen LogP contribution is -2.35. The average Bonchev–Trinajstić information content (AvgIpc) is 3.38. The minimum atomic E-state index is -0.629. The lowest BCUT2D eigenvalue weighted by atomic mass is 10.1. The van der Waals surface area contributed by atoms with E-state index in [9.17, 15) is 8.78 Å². The molecule has 6 rings (SSSR count). The highest BCUT2D eigenvalue weighted by molar-refractivity contribution is 5.67. The van der Waals surface area contributed by atoms with Gasteiger partial charge in [0.2, 0.25) is 0 Å². The van der Waals surface area contributed by atoms with Crippen LogP contribution in [0.15, 0.2) is 67.4 Å². The summed E-state index contributed by atoms with van der Waals surface area (Å²) in [5.74, 6) is -0.481. The summed E-state index contributed by atoms with van der Waals surface area (Å²) in [7, 11) is 2.14. The van der Waals surface area contributed by atoms with Gasteiger partial charge in [-0.25, -0.2) is 13.8 Å². The number of halogens is 2. The van der Waals surface area contributed by atoms with Crippen molar-refractivity contribution in [2.24, 2.45) is 0 Å². The van der Waals surface area contributed by atoms with Crippen molar-refractivity contribution in [2.45, 2.75) is 38.7 Å². The highest BCUT2D eigenvalue weighted by Gasteiger charge is 2.21. The number of aromatic nitrogens is 5. The number of likely N-dealkylation sites (tertiary alicyclic amines) is 1. The summed E-state index contributed by atoms with van der Waals surface area (Å²) in [5, 5.41) is 0. The Balaban J connectivity index is 1.27. The third-order valence-electron chi connectivity index (χ3n) is 7.35. The van der Waals surface area contributed by atoms with Crippen molar-refractivity contribution >= 4 is 5.65 Å². The summed E-state index contributed by atoms with van der Waals surface area (Å²) >= 11 is 0. The molecule has 0 radical (unpaired) electrons. The monoisotopic (exact) mass is 540 g/mol. The van der Waals surface area contributed by atoms with Gasteiger partial charge in [0.1, 0.15) is 29.2 Å². The number of aryl methyl sites for hydroxylation is 3. The molecule has 0 saturated carbocycles. The maximum absolute atomic E-state index is 13.9. The minimum absolute atomic E-state index is 0.140. The van der Waals surface area contributed by atoms with Crippen molar-refractivity contribution in [2.75, 3.05) is 20.1 Å². The van der Waals surface area contributed by atoms with Crippen LogP contribution < -0.4 is 4.74 Å². The van der Waals surface area contributed by atoms with Crippen LogP contribution >= 0.6 is 0 Å². The molecule has 0 aliphatic carbocycles. The van der Waals surface area contributed by atoms with Crippen molar-refractivity contribution in [1.29, 1.82) is 0 Å². The molecule has 5 aromatic rings. The van der Waals surface area contributed by atoms with E-state index in [1.807, 2.05) is 29.7 Å². The maximum atomic E-state index is 13.9. The largest absolute Gasteiger partial charge is 0.488 e. The fourth-order valence-electron chi connectivity index (χ4n) is 5.23. The van der Waals surface area contributed by atoms with Crippen LogP contribution in [-0.4, -0.2) is 55.5 Å². The first-order chi connectivity index (χ1) is 19.4. The zero-order chi connectivity index (χ0) is 27.6. The molecule has 9 heteroatoms. The molecule has 7 nitrogen and oxygen atoms in total. The molecule has 0 bridgehead atoms. The Hall–Kier alpha value is -4.24.